The Hall–Kier alpha value is -2.56. The van der Waals surface area contributed by atoms with Gasteiger partial charge in [0.25, 0.3) is 0 Å². The molecular formula is C21H29N3O2. The van der Waals surface area contributed by atoms with E-state index in [9.17, 15) is 9.59 Å². The molecule has 0 bridgehead atoms. The Morgan fingerprint density at radius 1 is 1.31 bits per heavy atom. The molecule has 0 aliphatic carbocycles. The fraction of sp³-hybridized carbons (Fsp3) is 0.429. The van der Waals surface area contributed by atoms with Gasteiger partial charge in [-0.3, -0.25) is 9.59 Å². The van der Waals surface area contributed by atoms with Crippen molar-refractivity contribution in [1.82, 2.24) is 14.8 Å². The lowest BCUT2D eigenvalue weighted by Crippen LogP contribution is -2.31. The number of aromatic nitrogens is 1. The molecule has 1 unspecified atom stereocenters. The maximum Gasteiger partial charge on any atom is 0.246 e. The van der Waals surface area contributed by atoms with E-state index in [4.69, 9.17) is 0 Å². The van der Waals surface area contributed by atoms with Crippen molar-refractivity contribution in [2.24, 2.45) is 13.0 Å². The molecule has 1 fully saturated rings. The Morgan fingerprint density at radius 3 is 2.77 bits per heavy atom. The molecule has 2 rings (SSSR count). The first-order valence-electron chi connectivity index (χ1n) is 9.21. The lowest BCUT2D eigenvalue weighted by atomic mass is 10.1. The van der Waals surface area contributed by atoms with Crippen molar-refractivity contribution < 1.29 is 9.59 Å². The normalized spacial score (nSPS) is 18.2. The predicted octanol–water partition coefficient (Wildman–Crippen LogP) is 2.92. The number of carbonyl (C=O) groups excluding carboxylic acids is 2. The van der Waals surface area contributed by atoms with Gasteiger partial charge < -0.3 is 14.8 Å². The lowest BCUT2D eigenvalue weighted by Gasteiger charge is -2.14. The Labute approximate surface area is 156 Å². The molecule has 2 amide bonds. The second-order valence-electron chi connectivity index (χ2n) is 6.68. The summed E-state index contributed by atoms with van der Waals surface area (Å²) in [4.78, 5) is 26.0. The number of hydrogen-bond acceptors (Lipinski definition) is 2. The largest absolute Gasteiger partial charge is 0.357 e. The van der Waals surface area contributed by atoms with Crippen molar-refractivity contribution in [2.45, 2.75) is 26.7 Å². The van der Waals surface area contributed by atoms with Gasteiger partial charge in [-0.25, -0.2) is 0 Å². The van der Waals surface area contributed by atoms with Crippen LogP contribution in [0.1, 0.15) is 32.3 Å². The highest BCUT2D eigenvalue weighted by molar-refractivity contribution is 5.92. The number of allylic oxidation sites excluding steroid dienone is 3. The van der Waals surface area contributed by atoms with Gasteiger partial charge in [0.1, 0.15) is 0 Å². The van der Waals surface area contributed by atoms with E-state index in [2.05, 4.69) is 12.2 Å². The second-order valence-corrected chi connectivity index (χ2v) is 6.68. The standard InChI is InChI=1S/C21H29N3O2/c1-4-17(5-2)6-8-20(25)22-14-19-11-13-24(16-19)21(26)9-7-18-10-12-23(3)15-18/h4,6-10,12,15,19H,5,11,13-14,16H2,1-3H3,(H,22,25)/b8-6+,9-7+,17-4-. The lowest BCUT2D eigenvalue weighted by molar-refractivity contribution is -0.125. The summed E-state index contributed by atoms with van der Waals surface area (Å²) in [5.41, 5.74) is 2.16. The first kappa shape index (κ1) is 19.8. The molecule has 0 aromatic carbocycles. The molecule has 0 spiro atoms. The smallest absolute Gasteiger partial charge is 0.246 e. The SMILES string of the molecule is C/C=C(\C=C\C(=O)NCC1CCN(C(=O)/C=C/c2ccn(C)c2)C1)CC. The first-order chi connectivity index (χ1) is 12.5. The molecule has 1 aliphatic heterocycles. The monoisotopic (exact) mass is 355 g/mol. The summed E-state index contributed by atoms with van der Waals surface area (Å²) in [6.07, 6.45) is 14.7. The minimum Gasteiger partial charge on any atom is -0.357 e. The zero-order valence-electron chi connectivity index (χ0n) is 15.9. The molecule has 1 saturated heterocycles. The summed E-state index contributed by atoms with van der Waals surface area (Å²) in [5, 5.41) is 2.94. The van der Waals surface area contributed by atoms with Crippen LogP contribution in [-0.4, -0.2) is 40.9 Å². The van der Waals surface area contributed by atoms with Crippen molar-refractivity contribution in [1.29, 1.82) is 0 Å². The Bertz CT molecular complexity index is 713. The quantitative estimate of drug-likeness (QED) is 0.604. The molecule has 5 heteroatoms. The van der Waals surface area contributed by atoms with Gasteiger partial charge in [-0.2, -0.15) is 0 Å². The molecular weight excluding hydrogens is 326 g/mol. The highest BCUT2D eigenvalue weighted by atomic mass is 16.2. The number of rotatable bonds is 7. The second kappa shape index (κ2) is 9.80. The summed E-state index contributed by atoms with van der Waals surface area (Å²) >= 11 is 0. The van der Waals surface area contributed by atoms with Gasteiger partial charge in [-0.1, -0.05) is 24.6 Å². The summed E-state index contributed by atoms with van der Waals surface area (Å²) in [5.74, 6) is 0.267. The summed E-state index contributed by atoms with van der Waals surface area (Å²) in [6.45, 7) is 6.07. The predicted molar refractivity (Wildman–Crippen MR) is 105 cm³/mol. The number of hydrogen-bond donors (Lipinski definition) is 1. The maximum absolute atomic E-state index is 12.3. The molecule has 140 valence electrons. The Balaban J connectivity index is 1.75. The average molecular weight is 355 g/mol. The fourth-order valence-corrected chi connectivity index (χ4v) is 3.00. The molecule has 1 atom stereocenters. The topological polar surface area (TPSA) is 54.3 Å². The van der Waals surface area contributed by atoms with Gasteiger partial charge >= 0.3 is 0 Å². The van der Waals surface area contributed by atoms with Crippen LogP contribution < -0.4 is 5.32 Å². The molecule has 1 aromatic heterocycles. The molecule has 1 aliphatic rings. The third kappa shape index (κ3) is 6.06. The molecule has 5 nitrogen and oxygen atoms in total. The first-order valence-corrected chi connectivity index (χ1v) is 9.21. The maximum atomic E-state index is 12.3. The number of aryl methyl sites for hydroxylation is 1. The number of nitrogens with zero attached hydrogens (tertiary/aromatic N) is 2. The number of likely N-dealkylation sites (tertiary alicyclic amines) is 1. The van der Waals surface area contributed by atoms with Crippen molar-refractivity contribution in [3.63, 3.8) is 0 Å². The molecule has 1 aromatic rings. The van der Waals surface area contributed by atoms with Crippen LogP contribution in [0.2, 0.25) is 0 Å². The number of amides is 2. The van der Waals surface area contributed by atoms with Gasteiger partial charge in [0.05, 0.1) is 0 Å². The van der Waals surface area contributed by atoms with Crippen molar-refractivity contribution in [3.05, 3.63) is 53.9 Å². The highest BCUT2D eigenvalue weighted by Gasteiger charge is 2.25. The summed E-state index contributed by atoms with van der Waals surface area (Å²) in [6, 6.07) is 1.97. The van der Waals surface area contributed by atoms with Crippen LogP contribution in [0.25, 0.3) is 6.08 Å². The number of carbonyl (C=O) groups is 2. The molecule has 26 heavy (non-hydrogen) atoms. The van der Waals surface area contributed by atoms with Crippen molar-refractivity contribution >= 4 is 17.9 Å². The minimum absolute atomic E-state index is 0.0308. The fourth-order valence-electron chi connectivity index (χ4n) is 3.00. The van der Waals surface area contributed by atoms with Crippen LogP contribution in [0.3, 0.4) is 0 Å². The van der Waals surface area contributed by atoms with E-state index in [1.807, 2.05) is 60.1 Å². The third-order valence-electron chi connectivity index (χ3n) is 4.66. The molecule has 0 radical (unpaired) electrons. The van der Waals surface area contributed by atoms with E-state index < -0.39 is 0 Å². The van der Waals surface area contributed by atoms with E-state index in [-0.39, 0.29) is 11.8 Å². The van der Waals surface area contributed by atoms with Crippen LogP contribution in [0.5, 0.6) is 0 Å². The van der Waals surface area contributed by atoms with E-state index in [1.54, 1.807) is 12.2 Å². The zero-order valence-corrected chi connectivity index (χ0v) is 15.9. The van der Waals surface area contributed by atoms with E-state index >= 15 is 0 Å². The van der Waals surface area contributed by atoms with E-state index in [0.29, 0.717) is 19.0 Å². The Morgan fingerprint density at radius 2 is 2.12 bits per heavy atom. The van der Waals surface area contributed by atoms with Gasteiger partial charge in [-0.15, -0.1) is 0 Å². The van der Waals surface area contributed by atoms with Gasteiger partial charge in [0.15, 0.2) is 0 Å². The molecule has 1 N–H and O–H groups in total. The molecule has 0 saturated carbocycles. The minimum atomic E-state index is -0.0773. The van der Waals surface area contributed by atoms with Crippen molar-refractivity contribution in [3.8, 4) is 0 Å². The third-order valence-corrected chi connectivity index (χ3v) is 4.66. The Kier molecular flexibility index (Phi) is 7.45. The summed E-state index contributed by atoms with van der Waals surface area (Å²) < 4.78 is 1.95. The van der Waals surface area contributed by atoms with Gasteiger partial charge in [0, 0.05) is 51.2 Å². The van der Waals surface area contributed by atoms with E-state index in [1.165, 1.54) is 0 Å². The van der Waals surface area contributed by atoms with Crippen LogP contribution in [0, 0.1) is 5.92 Å². The van der Waals surface area contributed by atoms with Crippen LogP contribution >= 0.6 is 0 Å². The van der Waals surface area contributed by atoms with Gasteiger partial charge in [0.2, 0.25) is 11.8 Å². The van der Waals surface area contributed by atoms with Crippen LogP contribution in [0.15, 0.2) is 48.3 Å². The molecule has 2 heterocycles. The zero-order chi connectivity index (χ0) is 18.9. The van der Waals surface area contributed by atoms with Gasteiger partial charge in [-0.05, 0) is 43.4 Å². The number of nitrogens with one attached hydrogen (secondary N) is 1. The average Bonchev–Trinajstić information content (AvgIpc) is 3.27. The highest BCUT2D eigenvalue weighted by Crippen LogP contribution is 2.16. The van der Waals surface area contributed by atoms with E-state index in [0.717, 1.165) is 30.5 Å². The van der Waals surface area contributed by atoms with Crippen molar-refractivity contribution in [2.75, 3.05) is 19.6 Å². The van der Waals surface area contributed by atoms with Crippen LogP contribution in [-0.2, 0) is 16.6 Å². The van der Waals surface area contributed by atoms with Crippen LogP contribution in [0.4, 0.5) is 0 Å². The summed E-state index contributed by atoms with van der Waals surface area (Å²) in [7, 11) is 1.95.